The van der Waals surface area contributed by atoms with Crippen LogP contribution in [0.15, 0.2) is 47.1 Å². The number of benzene rings is 1. The van der Waals surface area contributed by atoms with E-state index in [1.54, 1.807) is 17.0 Å². The lowest BCUT2D eigenvalue weighted by atomic mass is 10.00. The molecule has 0 unspecified atom stereocenters. The summed E-state index contributed by atoms with van der Waals surface area (Å²) in [6, 6.07) is 11.4. The zero-order valence-corrected chi connectivity index (χ0v) is 14.3. The van der Waals surface area contributed by atoms with Crippen molar-refractivity contribution in [3.05, 3.63) is 59.5 Å². The standard InChI is InChI=1S/C17H20N2O4S/c1-24(21,22)19(12-16-7-4-10-23-16)13-17(20)18-9-8-14-5-2-3-6-15(14)11-18/h2-7,10H,8-9,11-13H2,1H3. The van der Waals surface area contributed by atoms with E-state index < -0.39 is 10.0 Å². The van der Waals surface area contributed by atoms with E-state index in [-0.39, 0.29) is 19.0 Å². The molecule has 2 aromatic rings. The van der Waals surface area contributed by atoms with Gasteiger partial charge in [0.05, 0.1) is 25.6 Å². The Kier molecular flexibility index (Phi) is 4.73. The van der Waals surface area contributed by atoms with Crippen LogP contribution < -0.4 is 0 Å². The third-order valence-corrected chi connectivity index (χ3v) is 5.37. The van der Waals surface area contributed by atoms with Gasteiger partial charge in [-0.2, -0.15) is 4.31 Å². The summed E-state index contributed by atoms with van der Waals surface area (Å²) in [6.45, 7) is 1.01. The summed E-state index contributed by atoms with van der Waals surface area (Å²) in [5.74, 6) is 0.318. The summed E-state index contributed by atoms with van der Waals surface area (Å²) in [5, 5.41) is 0. The van der Waals surface area contributed by atoms with Crippen LogP contribution in [0.3, 0.4) is 0 Å². The largest absolute Gasteiger partial charge is 0.468 e. The summed E-state index contributed by atoms with van der Waals surface area (Å²) in [5.41, 5.74) is 2.37. The summed E-state index contributed by atoms with van der Waals surface area (Å²) in [6.07, 6.45) is 3.38. The number of carbonyl (C=O) groups excluding carboxylic acids is 1. The molecule has 0 saturated heterocycles. The Morgan fingerprint density at radius 3 is 2.62 bits per heavy atom. The molecule has 1 aromatic heterocycles. The molecule has 0 saturated carbocycles. The highest BCUT2D eigenvalue weighted by molar-refractivity contribution is 7.88. The Balaban J connectivity index is 1.70. The minimum absolute atomic E-state index is 0.0575. The lowest BCUT2D eigenvalue weighted by Crippen LogP contribution is -2.44. The molecule has 0 spiro atoms. The first kappa shape index (κ1) is 16.7. The third kappa shape index (κ3) is 3.85. The summed E-state index contributed by atoms with van der Waals surface area (Å²) in [7, 11) is -3.51. The van der Waals surface area contributed by atoms with E-state index in [2.05, 4.69) is 6.07 Å². The minimum atomic E-state index is -3.51. The van der Waals surface area contributed by atoms with Crippen molar-refractivity contribution < 1.29 is 17.6 Å². The van der Waals surface area contributed by atoms with Gasteiger partial charge in [-0.15, -0.1) is 0 Å². The number of rotatable bonds is 5. The molecule has 1 aliphatic rings. The molecule has 128 valence electrons. The zero-order chi connectivity index (χ0) is 17.2. The number of nitrogens with zero attached hydrogens (tertiary/aromatic N) is 2. The molecule has 0 atom stereocenters. The van der Waals surface area contributed by atoms with Crippen LogP contribution in [0.4, 0.5) is 0 Å². The van der Waals surface area contributed by atoms with Gasteiger partial charge in [0.2, 0.25) is 15.9 Å². The average Bonchev–Trinajstić information content (AvgIpc) is 3.06. The second kappa shape index (κ2) is 6.78. The van der Waals surface area contributed by atoms with Crippen LogP contribution in [0.25, 0.3) is 0 Å². The molecule has 1 aromatic carbocycles. The molecule has 0 bridgehead atoms. The number of hydrogen-bond acceptors (Lipinski definition) is 4. The van der Waals surface area contributed by atoms with Crippen LogP contribution in [0, 0.1) is 0 Å². The van der Waals surface area contributed by atoms with Crippen LogP contribution in [0.2, 0.25) is 0 Å². The molecule has 2 heterocycles. The molecule has 0 aliphatic carbocycles. The Bertz CT molecular complexity index is 815. The Hall–Kier alpha value is -2.12. The van der Waals surface area contributed by atoms with Crippen LogP contribution in [0.5, 0.6) is 0 Å². The van der Waals surface area contributed by atoms with Gasteiger partial charge in [-0.25, -0.2) is 8.42 Å². The summed E-state index contributed by atoms with van der Waals surface area (Å²) in [4.78, 5) is 14.3. The van der Waals surface area contributed by atoms with Gasteiger partial charge in [0, 0.05) is 13.1 Å². The van der Waals surface area contributed by atoms with Crippen molar-refractivity contribution in [1.82, 2.24) is 9.21 Å². The van der Waals surface area contributed by atoms with Gasteiger partial charge in [0.15, 0.2) is 0 Å². The van der Waals surface area contributed by atoms with Crippen LogP contribution in [-0.4, -0.2) is 42.9 Å². The molecular formula is C17H20N2O4S. The van der Waals surface area contributed by atoms with Gasteiger partial charge in [-0.1, -0.05) is 24.3 Å². The predicted octanol–water partition coefficient (Wildman–Crippen LogP) is 1.63. The molecule has 6 nitrogen and oxygen atoms in total. The maximum absolute atomic E-state index is 12.6. The summed E-state index contributed by atoms with van der Waals surface area (Å²) >= 11 is 0. The first-order valence-corrected chi connectivity index (χ1v) is 9.60. The number of amides is 1. The molecule has 7 heteroatoms. The number of sulfonamides is 1. The van der Waals surface area contributed by atoms with Gasteiger partial charge >= 0.3 is 0 Å². The van der Waals surface area contributed by atoms with Gasteiger partial charge in [0.25, 0.3) is 0 Å². The summed E-state index contributed by atoms with van der Waals surface area (Å²) < 4.78 is 30.3. The van der Waals surface area contributed by atoms with Gasteiger partial charge in [0.1, 0.15) is 5.76 Å². The van der Waals surface area contributed by atoms with E-state index in [1.165, 1.54) is 11.8 Å². The topological polar surface area (TPSA) is 70.8 Å². The number of carbonyl (C=O) groups is 1. The Morgan fingerprint density at radius 2 is 1.96 bits per heavy atom. The lowest BCUT2D eigenvalue weighted by Gasteiger charge is -2.30. The molecule has 3 rings (SSSR count). The maximum Gasteiger partial charge on any atom is 0.238 e. The highest BCUT2D eigenvalue weighted by Gasteiger charge is 2.26. The monoisotopic (exact) mass is 348 g/mol. The fourth-order valence-electron chi connectivity index (χ4n) is 2.83. The molecule has 1 aliphatic heterocycles. The van der Waals surface area contributed by atoms with Crippen molar-refractivity contribution in [2.75, 3.05) is 19.3 Å². The SMILES string of the molecule is CS(=O)(=O)N(CC(=O)N1CCc2ccccc2C1)Cc1ccco1. The highest BCUT2D eigenvalue weighted by Crippen LogP contribution is 2.19. The van der Waals surface area contributed by atoms with Crippen LogP contribution >= 0.6 is 0 Å². The Labute approximate surface area is 141 Å². The molecule has 0 N–H and O–H groups in total. The second-order valence-corrected chi connectivity index (χ2v) is 7.93. The first-order valence-electron chi connectivity index (χ1n) is 7.75. The maximum atomic E-state index is 12.6. The number of hydrogen-bond donors (Lipinski definition) is 0. The smallest absolute Gasteiger partial charge is 0.238 e. The normalized spacial score (nSPS) is 14.7. The van der Waals surface area contributed by atoms with Gasteiger partial charge < -0.3 is 9.32 Å². The molecular weight excluding hydrogens is 328 g/mol. The van der Waals surface area contributed by atoms with Crippen molar-refractivity contribution in [2.24, 2.45) is 0 Å². The number of fused-ring (bicyclic) bond motifs is 1. The van der Waals surface area contributed by atoms with E-state index in [9.17, 15) is 13.2 Å². The highest BCUT2D eigenvalue weighted by atomic mass is 32.2. The van der Waals surface area contributed by atoms with E-state index in [1.807, 2.05) is 18.2 Å². The van der Waals surface area contributed by atoms with Crippen molar-refractivity contribution in [3.63, 3.8) is 0 Å². The quantitative estimate of drug-likeness (QED) is 0.823. The molecule has 0 radical (unpaired) electrons. The van der Waals surface area contributed by atoms with Crippen LogP contribution in [0.1, 0.15) is 16.9 Å². The Morgan fingerprint density at radius 1 is 1.21 bits per heavy atom. The van der Waals surface area contributed by atoms with E-state index in [0.29, 0.717) is 18.8 Å². The van der Waals surface area contributed by atoms with Crippen LogP contribution in [-0.2, 0) is 34.3 Å². The average molecular weight is 348 g/mol. The van der Waals surface area contributed by atoms with E-state index >= 15 is 0 Å². The van der Waals surface area contributed by atoms with Crippen molar-refractivity contribution >= 4 is 15.9 Å². The molecule has 1 amide bonds. The van der Waals surface area contributed by atoms with Crippen molar-refractivity contribution in [2.45, 2.75) is 19.5 Å². The second-order valence-electron chi connectivity index (χ2n) is 5.94. The van der Waals surface area contributed by atoms with Gasteiger partial charge in [-0.3, -0.25) is 4.79 Å². The van der Waals surface area contributed by atoms with Crippen molar-refractivity contribution in [3.8, 4) is 0 Å². The van der Waals surface area contributed by atoms with Gasteiger partial charge in [-0.05, 0) is 29.7 Å². The number of furan rings is 1. The minimum Gasteiger partial charge on any atom is -0.468 e. The van der Waals surface area contributed by atoms with Crippen molar-refractivity contribution in [1.29, 1.82) is 0 Å². The van der Waals surface area contributed by atoms with E-state index in [0.717, 1.165) is 22.5 Å². The van der Waals surface area contributed by atoms with E-state index in [4.69, 9.17) is 4.42 Å². The fourth-order valence-corrected chi connectivity index (χ4v) is 3.53. The third-order valence-electron chi connectivity index (χ3n) is 4.18. The first-order chi connectivity index (χ1) is 11.4. The fraction of sp³-hybridized carbons (Fsp3) is 0.353. The molecule has 24 heavy (non-hydrogen) atoms. The predicted molar refractivity (Wildman–Crippen MR) is 89.5 cm³/mol. The molecule has 0 fully saturated rings. The lowest BCUT2D eigenvalue weighted by molar-refractivity contribution is -0.132. The zero-order valence-electron chi connectivity index (χ0n) is 13.5.